The Kier molecular flexibility index (Phi) is 5.93. The van der Waals surface area contributed by atoms with E-state index in [1.165, 1.54) is 6.92 Å². The van der Waals surface area contributed by atoms with Gasteiger partial charge in [0.05, 0.1) is 12.0 Å². The molecule has 0 unspecified atom stereocenters. The number of carbonyl (C=O) groups is 4. The molecule has 0 saturated carbocycles. The number of ketones is 2. The molecule has 9 nitrogen and oxygen atoms in total. The lowest BCUT2D eigenvalue weighted by atomic mass is 9.64. The van der Waals surface area contributed by atoms with Gasteiger partial charge in [0.2, 0.25) is 12.7 Å². The average molecular weight is 599 g/mol. The van der Waals surface area contributed by atoms with E-state index >= 15 is 4.79 Å². The normalized spacial score (nSPS) is 23.3. The number of hydrogen-bond acceptors (Lipinski definition) is 8. The van der Waals surface area contributed by atoms with Gasteiger partial charge in [0.15, 0.2) is 23.1 Å². The first kappa shape index (κ1) is 26.9. The summed E-state index contributed by atoms with van der Waals surface area (Å²) in [6.45, 7) is 1.34. The lowest BCUT2D eigenvalue weighted by Gasteiger charge is -2.37. The van der Waals surface area contributed by atoms with Gasteiger partial charge in [-0.15, -0.1) is 0 Å². The summed E-state index contributed by atoms with van der Waals surface area (Å²) in [7, 11) is 0. The first-order valence-corrected chi connectivity index (χ1v) is 14.6. The van der Waals surface area contributed by atoms with E-state index in [4.69, 9.17) is 14.2 Å². The summed E-state index contributed by atoms with van der Waals surface area (Å²) in [5, 5.41) is 3.03. The molecule has 1 fully saturated rings. The monoisotopic (exact) mass is 598 g/mol. The van der Waals surface area contributed by atoms with E-state index < -0.39 is 29.4 Å². The van der Waals surface area contributed by atoms with Crippen molar-refractivity contribution in [2.24, 2.45) is 5.92 Å². The van der Waals surface area contributed by atoms with E-state index in [0.717, 1.165) is 11.3 Å². The van der Waals surface area contributed by atoms with Crippen LogP contribution in [-0.2, 0) is 15.0 Å². The lowest BCUT2D eigenvalue weighted by molar-refractivity contribution is -0.131. The lowest BCUT2D eigenvalue weighted by Crippen LogP contribution is -2.51. The van der Waals surface area contributed by atoms with Crippen molar-refractivity contribution in [1.82, 2.24) is 0 Å². The number of ether oxygens (including phenoxy) is 3. The van der Waals surface area contributed by atoms with Gasteiger partial charge in [-0.1, -0.05) is 48.6 Å². The number of anilines is 2. The molecule has 1 amide bonds. The van der Waals surface area contributed by atoms with Crippen LogP contribution >= 0.6 is 0 Å². The molecule has 1 saturated heterocycles. The molecule has 222 valence electrons. The molecule has 0 aliphatic carbocycles. The smallest absolute Gasteiger partial charge is 0.308 e. The molecule has 4 aromatic rings. The van der Waals surface area contributed by atoms with Gasteiger partial charge in [-0.05, 0) is 65.7 Å². The molecule has 0 bridgehead atoms. The van der Waals surface area contributed by atoms with Gasteiger partial charge < -0.3 is 24.4 Å². The molecule has 4 aliphatic rings. The zero-order valence-electron chi connectivity index (χ0n) is 24.1. The summed E-state index contributed by atoms with van der Waals surface area (Å²) in [4.78, 5) is 57.8. The first-order valence-electron chi connectivity index (χ1n) is 14.6. The van der Waals surface area contributed by atoms with Crippen LogP contribution in [0.1, 0.15) is 38.8 Å². The van der Waals surface area contributed by atoms with Crippen LogP contribution < -0.4 is 24.4 Å². The van der Waals surface area contributed by atoms with Crippen molar-refractivity contribution < 1.29 is 33.4 Å². The minimum atomic E-state index is -1.44. The Balaban J connectivity index is 1.36. The highest BCUT2D eigenvalue weighted by atomic mass is 16.7. The van der Waals surface area contributed by atoms with Crippen LogP contribution in [0.25, 0.3) is 6.08 Å². The van der Waals surface area contributed by atoms with Gasteiger partial charge in [-0.25, -0.2) is 0 Å². The number of esters is 1. The quantitative estimate of drug-likeness (QED) is 0.190. The molecule has 0 radical (unpaired) electrons. The third-order valence-corrected chi connectivity index (χ3v) is 9.15. The van der Waals surface area contributed by atoms with Crippen LogP contribution in [0.15, 0.2) is 97.1 Å². The molecule has 45 heavy (non-hydrogen) atoms. The fraction of sp³-hybridized carbons (Fsp3) is 0.167. The molecule has 1 N–H and O–H groups in total. The SMILES string of the molecule is CC(=O)Oc1ccc(C(=O)[C@H]2[C@@H](C(=O)c3ccc4c(c3)OCO4)[C@]3(C(=O)Nc4ccccc43)[C@H]3C=Cc4ccccc4N23)cc1. The molecule has 4 aromatic carbocycles. The van der Waals surface area contributed by atoms with Crippen LogP contribution in [-0.4, -0.2) is 42.3 Å². The summed E-state index contributed by atoms with van der Waals surface area (Å²) < 4.78 is 16.3. The summed E-state index contributed by atoms with van der Waals surface area (Å²) in [6.07, 6.45) is 3.89. The van der Waals surface area contributed by atoms with E-state index in [-0.39, 0.29) is 24.3 Å². The number of carbonyl (C=O) groups excluding carboxylic acids is 4. The number of fused-ring (bicyclic) bond motifs is 7. The number of amides is 1. The number of benzene rings is 4. The van der Waals surface area contributed by atoms with Gasteiger partial charge in [-0.3, -0.25) is 19.2 Å². The van der Waals surface area contributed by atoms with Crippen molar-refractivity contribution >= 4 is 40.9 Å². The summed E-state index contributed by atoms with van der Waals surface area (Å²) >= 11 is 0. The third kappa shape index (κ3) is 3.86. The molecule has 1 spiro atoms. The molecule has 0 aromatic heterocycles. The van der Waals surface area contributed by atoms with Crippen molar-refractivity contribution in [2.45, 2.75) is 24.4 Å². The predicted molar refractivity (Wildman–Crippen MR) is 165 cm³/mol. The van der Waals surface area contributed by atoms with Gasteiger partial charge in [0, 0.05) is 29.4 Å². The number of nitrogens with one attached hydrogen (secondary N) is 1. The molecular formula is C36H26N2O7. The Bertz CT molecular complexity index is 1970. The van der Waals surface area contributed by atoms with Gasteiger partial charge in [-0.2, -0.15) is 0 Å². The van der Waals surface area contributed by atoms with Crippen LogP contribution in [0.3, 0.4) is 0 Å². The minimum absolute atomic E-state index is 0.0397. The van der Waals surface area contributed by atoms with Crippen LogP contribution in [0.5, 0.6) is 17.2 Å². The maximum Gasteiger partial charge on any atom is 0.308 e. The van der Waals surface area contributed by atoms with Gasteiger partial charge in [0.1, 0.15) is 17.2 Å². The summed E-state index contributed by atoms with van der Waals surface area (Å²) in [6, 6.07) is 24.5. The largest absolute Gasteiger partial charge is 0.454 e. The van der Waals surface area contributed by atoms with Crippen LogP contribution in [0, 0.1) is 5.92 Å². The topological polar surface area (TPSA) is 111 Å². The van der Waals surface area contributed by atoms with E-state index in [0.29, 0.717) is 39.6 Å². The van der Waals surface area contributed by atoms with E-state index in [2.05, 4.69) is 5.32 Å². The van der Waals surface area contributed by atoms with E-state index in [9.17, 15) is 14.4 Å². The molecule has 4 heterocycles. The Labute approximate surface area is 258 Å². The fourth-order valence-electron chi connectivity index (χ4n) is 7.37. The highest BCUT2D eigenvalue weighted by molar-refractivity contribution is 6.18. The highest BCUT2D eigenvalue weighted by Crippen LogP contribution is 2.58. The fourth-order valence-corrected chi connectivity index (χ4v) is 7.37. The van der Waals surface area contributed by atoms with Crippen LogP contribution in [0.4, 0.5) is 11.4 Å². The summed E-state index contributed by atoms with van der Waals surface area (Å²) in [5.41, 5.74) is 2.07. The number of hydrogen-bond donors (Lipinski definition) is 1. The second kappa shape index (κ2) is 9.92. The van der Waals surface area contributed by atoms with Crippen LogP contribution in [0.2, 0.25) is 0 Å². The maximum absolute atomic E-state index is 15.0. The Hall–Kier alpha value is -5.70. The number of Topliss-reactive ketones (excluding diaryl/α,β-unsaturated/α-hetero) is 2. The van der Waals surface area contributed by atoms with Crippen molar-refractivity contribution in [2.75, 3.05) is 17.0 Å². The highest BCUT2D eigenvalue weighted by Gasteiger charge is 2.70. The van der Waals surface area contributed by atoms with Crippen molar-refractivity contribution in [3.05, 3.63) is 119 Å². The Morgan fingerprint density at radius 1 is 0.867 bits per heavy atom. The zero-order valence-corrected chi connectivity index (χ0v) is 24.1. The first-order chi connectivity index (χ1) is 21.9. The second-order valence-electron chi connectivity index (χ2n) is 11.5. The molecule has 9 heteroatoms. The number of para-hydroxylation sites is 2. The van der Waals surface area contributed by atoms with Crippen molar-refractivity contribution in [3.63, 3.8) is 0 Å². The van der Waals surface area contributed by atoms with E-state index in [1.807, 2.05) is 65.6 Å². The predicted octanol–water partition coefficient (Wildman–Crippen LogP) is 5.20. The third-order valence-electron chi connectivity index (χ3n) is 9.15. The number of nitrogens with zero attached hydrogens (tertiary/aromatic N) is 1. The molecule has 4 atom stereocenters. The second-order valence-corrected chi connectivity index (χ2v) is 11.5. The van der Waals surface area contributed by atoms with Gasteiger partial charge >= 0.3 is 5.97 Å². The Morgan fingerprint density at radius 2 is 1.60 bits per heavy atom. The van der Waals surface area contributed by atoms with E-state index in [1.54, 1.807) is 42.5 Å². The average Bonchev–Trinajstić information content (AvgIpc) is 3.73. The van der Waals surface area contributed by atoms with Gasteiger partial charge in [0.25, 0.3) is 0 Å². The Morgan fingerprint density at radius 3 is 2.42 bits per heavy atom. The van der Waals surface area contributed by atoms with Crippen molar-refractivity contribution in [1.29, 1.82) is 0 Å². The molecule has 8 rings (SSSR count). The minimum Gasteiger partial charge on any atom is -0.454 e. The van der Waals surface area contributed by atoms with Crippen molar-refractivity contribution in [3.8, 4) is 17.2 Å². The maximum atomic E-state index is 15.0. The summed E-state index contributed by atoms with van der Waals surface area (Å²) in [5.74, 6) is -1.43. The standard InChI is InChI=1S/C36H26N2O7/c1-20(39)45-24-14-10-22(11-15-24)34(41)32-31(33(40)23-12-16-28-29(18-23)44-19-43-28)36(25-7-3-4-8-26(25)37-35(36)42)30-17-13-21-6-2-5-9-27(21)38(30)32/h2-18,30-32H,19H2,1H3,(H,37,42)/t30-,31+,32-,36-/m1/s1. The zero-order chi connectivity index (χ0) is 30.9. The molecular weight excluding hydrogens is 572 g/mol. The molecule has 4 aliphatic heterocycles. The number of rotatable bonds is 5.